The molecule has 1 aromatic heterocycles. The first-order valence-corrected chi connectivity index (χ1v) is 7.43. The van der Waals surface area contributed by atoms with Crippen molar-refractivity contribution in [2.24, 2.45) is 0 Å². The molecule has 0 aliphatic carbocycles. The van der Waals surface area contributed by atoms with Crippen molar-refractivity contribution in [3.8, 4) is 6.01 Å². The van der Waals surface area contributed by atoms with Gasteiger partial charge >= 0.3 is 6.01 Å². The van der Waals surface area contributed by atoms with Gasteiger partial charge in [0.25, 0.3) is 0 Å². The van der Waals surface area contributed by atoms with Crippen molar-refractivity contribution >= 4 is 11.9 Å². The first kappa shape index (κ1) is 15.8. The van der Waals surface area contributed by atoms with Gasteiger partial charge in [-0.25, -0.2) is 0 Å². The SMILES string of the molecule is CCCOc1nc(NC)nc(N2CC(C)OC(C)(C)C2)n1. The highest BCUT2D eigenvalue weighted by Gasteiger charge is 2.33. The second-order valence-corrected chi connectivity index (χ2v) is 5.91. The largest absolute Gasteiger partial charge is 0.463 e. The van der Waals surface area contributed by atoms with Crippen LogP contribution in [-0.4, -0.2) is 53.4 Å². The maximum absolute atomic E-state index is 5.92. The van der Waals surface area contributed by atoms with E-state index in [9.17, 15) is 0 Å². The smallest absolute Gasteiger partial charge is 0.323 e. The van der Waals surface area contributed by atoms with Gasteiger partial charge in [-0.05, 0) is 27.2 Å². The lowest BCUT2D eigenvalue weighted by Crippen LogP contribution is -2.52. The fraction of sp³-hybridized carbons (Fsp3) is 0.786. The summed E-state index contributed by atoms with van der Waals surface area (Å²) in [5.74, 6) is 1.15. The molecule has 1 fully saturated rings. The molecule has 7 nitrogen and oxygen atoms in total. The Balaban J connectivity index is 2.24. The molecule has 118 valence electrons. The first-order chi connectivity index (χ1) is 9.93. The van der Waals surface area contributed by atoms with Crippen LogP contribution in [0.4, 0.5) is 11.9 Å². The standard InChI is InChI=1S/C14H25N5O2/c1-6-7-20-13-17-11(15-5)16-12(18-13)19-8-10(2)21-14(3,4)9-19/h10H,6-9H2,1-5H3,(H,15,16,17,18). The predicted octanol–water partition coefficient (Wildman–Crippen LogP) is 1.71. The fourth-order valence-electron chi connectivity index (χ4n) is 2.46. The van der Waals surface area contributed by atoms with E-state index >= 15 is 0 Å². The van der Waals surface area contributed by atoms with Crippen LogP contribution in [0.5, 0.6) is 6.01 Å². The molecule has 7 heteroatoms. The number of nitrogens with zero attached hydrogens (tertiary/aromatic N) is 4. The summed E-state index contributed by atoms with van der Waals surface area (Å²) in [7, 11) is 1.79. The first-order valence-electron chi connectivity index (χ1n) is 7.43. The zero-order valence-corrected chi connectivity index (χ0v) is 13.5. The van der Waals surface area contributed by atoms with Gasteiger partial charge in [0.2, 0.25) is 11.9 Å². The summed E-state index contributed by atoms with van der Waals surface area (Å²) in [6.07, 6.45) is 1.04. The van der Waals surface area contributed by atoms with Crippen molar-refractivity contribution in [2.45, 2.75) is 45.8 Å². The molecule has 0 radical (unpaired) electrons. The van der Waals surface area contributed by atoms with Gasteiger partial charge in [-0.1, -0.05) is 6.92 Å². The summed E-state index contributed by atoms with van der Waals surface area (Å²) in [6, 6.07) is 0.364. The Kier molecular flexibility index (Phi) is 4.82. The average Bonchev–Trinajstić information content (AvgIpc) is 2.42. The zero-order chi connectivity index (χ0) is 15.5. The highest BCUT2D eigenvalue weighted by molar-refractivity contribution is 5.39. The maximum atomic E-state index is 5.92. The summed E-state index contributed by atoms with van der Waals surface area (Å²) in [4.78, 5) is 15.2. The lowest BCUT2D eigenvalue weighted by Gasteiger charge is -2.41. The van der Waals surface area contributed by atoms with Gasteiger partial charge in [-0.2, -0.15) is 15.0 Å². The molecule has 0 bridgehead atoms. The van der Waals surface area contributed by atoms with E-state index in [-0.39, 0.29) is 11.7 Å². The maximum Gasteiger partial charge on any atom is 0.323 e. The van der Waals surface area contributed by atoms with Crippen LogP contribution in [0, 0.1) is 0 Å². The predicted molar refractivity (Wildman–Crippen MR) is 82.0 cm³/mol. The van der Waals surface area contributed by atoms with Crippen molar-refractivity contribution < 1.29 is 9.47 Å². The van der Waals surface area contributed by atoms with Crippen LogP contribution in [0.1, 0.15) is 34.1 Å². The van der Waals surface area contributed by atoms with E-state index in [2.05, 4.69) is 45.9 Å². The van der Waals surface area contributed by atoms with Crippen LogP contribution in [0.2, 0.25) is 0 Å². The number of hydrogen-bond acceptors (Lipinski definition) is 7. The van der Waals surface area contributed by atoms with Gasteiger partial charge < -0.3 is 19.7 Å². The van der Waals surface area contributed by atoms with E-state index in [0.717, 1.165) is 19.5 Å². The Bertz CT molecular complexity index is 480. The molecule has 0 aromatic carbocycles. The molecule has 1 aromatic rings. The number of ether oxygens (including phenoxy) is 2. The van der Waals surface area contributed by atoms with Gasteiger partial charge in [-0.15, -0.1) is 0 Å². The summed E-state index contributed by atoms with van der Waals surface area (Å²) >= 11 is 0. The fourth-order valence-corrected chi connectivity index (χ4v) is 2.46. The number of rotatable bonds is 5. The third-order valence-electron chi connectivity index (χ3n) is 3.11. The molecule has 1 N–H and O–H groups in total. The molecule has 21 heavy (non-hydrogen) atoms. The number of anilines is 2. The highest BCUT2D eigenvalue weighted by atomic mass is 16.5. The van der Waals surface area contributed by atoms with Gasteiger partial charge in [-0.3, -0.25) is 0 Å². The quantitative estimate of drug-likeness (QED) is 0.886. The Labute approximate surface area is 126 Å². The van der Waals surface area contributed by atoms with Crippen LogP contribution in [0.25, 0.3) is 0 Å². The van der Waals surface area contributed by atoms with E-state index in [1.165, 1.54) is 0 Å². The molecule has 1 unspecified atom stereocenters. The number of nitrogens with one attached hydrogen (secondary N) is 1. The van der Waals surface area contributed by atoms with Gasteiger partial charge in [0, 0.05) is 20.1 Å². The number of aromatic nitrogens is 3. The van der Waals surface area contributed by atoms with E-state index in [4.69, 9.17) is 9.47 Å². The molecular weight excluding hydrogens is 270 g/mol. The van der Waals surface area contributed by atoms with E-state index in [1.54, 1.807) is 7.05 Å². The van der Waals surface area contributed by atoms with Crippen LogP contribution in [0.15, 0.2) is 0 Å². The molecule has 0 spiro atoms. The second kappa shape index (κ2) is 6.43. The molecule has 1 aliphatic rings. The minimum absolute atomic E-state index is 0.128. The van der Waals surface area contributed by atoms with Crippen molar-refractivity contribution in [1.29, 1.82) is 0 Å². The van der Waals surface area contributed by atoms with E-state index in [0.29, 0.717) is 24.5 Å². The molecule has 1 saturated heterocycles. The molecule has 0 saturated carbocycles. The third-order valence-corrected chi connectivity index (χ3v) is 3.11. The summed E-state index contributed by atoms with van der Waals surface area (Å²) in [5, 5.41) is 2.96. The second-order valence-electron chi connectivity index (χ2n) is 5.91. The zero-order valence-electron chi connectivity index (χ0n) is 13.5. The lowest BCUT2D eigenvalue weighted by molar-refractivity contribution is -0.0754. The van der Waals surface area contributed by atoms with Crippen molar-refractivity contribution in [3.05, 3.63) is 0 Å². The topological polar surface area (TPSA) is 72.4 Å². The van der Waals surface area contributed by atoms with E-state index in [1.807, 2.05) is 6.92 Å². The lowest BCUT2D eigenvalue weighted by atomic mass is 10.1. The van der Waals surface area contributed by atoms with Crippen molar-refractivity contribution in [2.75, 3.05) is 37.0 Å². The Morgan fingerprint density at radius 2 is 2.14 bits per heavy atom. The molecule has 0 amide bonds. The van der Waals surface area contributed by atoms with Gasteiger partial charge in [0.05, 0.1) is 18.3 Å². The molecule has 1 aliphatic heterocycles. The van der Waals surface area contributed by atoms with Crippen LogP contribution in [0.3, 0.4) is 0 Å². The number of morpholine rings is 1. The Morgan fingerprint density at radius 3 is 2.76 bits per heavy atom. The van der Waals surface area contributed by atoms with Crippen LogP contribution in [-0.2, 0) is 4.74 Å². The Morgan fingerprint density at radius 1 is 1.38 bits per heavy atom. The van der Waals surface area contributed by atoms with Crippen molar-refractivity contribution in [3.63, 3.8) is 0 Å². The summed E-state index contributed by atoms with van der Waals surface area (Å²) < 4.78 is 11.5. The van der Waals surface area contributed by atoms with E-state index < -0.39 is 0 Å². The minimum atomic E-state index is -0.228. The van der Waals surface area contributed by atoms with Crippen molar-refractivity contribution in [1.82, 2.24) is 15.0 Å². The average molecular weight is 295 g/mol. The molecular formula is C14H25N5O2. The van der Waals surface area contributed by atoms with Crippen LogP contribution >= 0.6 is 0 Å². The summed E-state index contributed by atoms with van der Waals surface area (Å²) in [6.45, 7) is 10.3. The Hall–Kier alpha value is -1.63. The molecule has 2 rings (SSSR count). The molecule has 2 heterocycles. The number of hydrogen-bond donors (Lipinski definition) is 1. The third kappa shape index (κ3) is 4.17. The monoisotopic (exact) mass is 295 g/mol. The highest BCUT2D eigenvalue weighted by Crippen LogP contribution is 2.25. The minimum Gasteiger partial charge on any atom is -0.463 e. The van der Waals surface area contributed by atoms with Crippen LogP contribution < -0.4 is 15.0 Å². The van der Waals surface area contributed by atoms with Gasteiger partial charge in [0.1, 0.15) is 0 Å². The molecule has 1 atom stereocenters. The van der Waals surface area contributed by atoms with Gasteiger partial charge in [0.15, 0.2) is 0 Å². The summed E-state index contributed by atoms with van der Waals surface area (Å²) in [5.41, 5.74) is -0.228. The normalized spacial score (nSPS) is 21.2.